The Morgan fingerprint density at radius 1 is 1.56 bits per heavy atom. The van der Waals surface area contributed by atoms with Gasteiger partial charge in [-0.15, -0.1) is 0 Å². The van der Waals surface area contributed by atoms with Crippen LogP contribution in [0.2, 0.25) is 0 Å². The number of aromatic nitrogens is 3. The molecule has 0 amide bonds. The Labute approximate surface area is 96.8 Å². The van der Waals surface area contributed by atoms with Crippen LogP contribution in [-0.4, -0.2) is 20.8 Å². The summed E-state index contributed by atoms with van der Waals surface area (Å²) in [7, 11) is 1.59. The monoisotopic (exact) mass is 237 g/mol. The van der Waals surface area contributed by atoms with Gasteiger partial charge in [0.1, 0.15) is 17.5 Å². The van der Waals surface area contributed by atoms with Crippen LogP contribution in [-0.2, 0) is 0 Å². The van der Waals surface area contributed by atoms with Gasteiger partial charge in [-0.25, -0.2) is 5.43 Å². The molecule has 16 heavy (non-hydrogen) atoms. The number of nitrogens with one attached hydrogen (secondary N) is 1. The van der Waals surface area contributed by atoms with Gasteiger partial charge >= 0.3 is 0 Å². The van der Waals surface area contributed by atoms with E-state index < -0.39 is 0 Å². The van der Waals surface area contributed by atoms with Gasteiger partial charge in [0.15, 0.2) is 0 Å². The van der Waals surface area contributed by atoms with Crippen molar-refractivity contribution in [3.8, 4) is 5.75 Å². The highest BCUT2D eigenvalue weighted by molar-refractivity contribution is 6.99. The molecule has 84 valence electrons. The van der Waals surface area contributed by atoms with E-state index in [1.54, 1.807) is 25.6 Å². The SMILES string of the molecule is COc1cccnc1C(NN)c1cnsn1. The fraction of sp³-hybridized carbons (Fsp3) is 0.222. The van der Waals surface area contributed by atoms with Gasteiger partial charge in [0.05, 0.1) is 30.7 Å². The third-order valence-electron chi connectivity index (χ3n) is 2.13. The summed E-state index contributed by atoms with van der Waals surface area (Å²) in [4.78, 5) is 4.25. The number of rotatable bonds is 4. The summed E-state index contributed by atoms with van der Waals surface area (Å²) in [5, 5.41) is 0. The predicted molar refractivity (Wildman–Crippen MR) is 59.9 cm³/mol. The molecule has 1 atom stereocenters. The number of pyridine rings is 1. The van der Waals surface area contributed by atoms with E-state index in [2.05, 4.69) is 19.2 Å². The predicted octanol–water partition coefficient (Wildman–Crippen LogP) is 0.494. The van der Waals surface area contributed by atoms with Crippen LogP contribution in [0.1, 0.15) is 17.4 Å². The largest absolute Gasteiger partial charge is 0.495 e. The molecule has 0 aliphatic heterocycles. The van der Waals surface area contributed by atoms with Crippen LogP contribution in [0.3, 0.4) is 0 Å². The minimum Gasteiger partial charge on any atom is -0.495 e. The van der Waals surface area contributed by atoms with E-state index in [0.29, 0.717) is 11.4 Å². The van der Waals surface area contributed by atoms with Crippen molar-refractivity contribution in [2.45, 2.75) is 6.04 Å². The molecule has 6 nitrogen and oxygen atoms in total. The Morgan fingerprint density at radius 2 is 2.44 bits per heavy atom. The molecule has 2 aromatic heterocycles. The topological polar surface area (TPSA) is 86.0 Å². The van der Waals surface area contributed by atoms with Crippen molar-refractivity contribution in [1.29, 1.82) is 0 Å². The Hall–Kier alpha value is -1.57. The summed E-state index contributed by atoms with van der Waals surface area (Å²) in [6.07, 6.45) is 3.34. The Bertz CT molecular complexity index is 447. The van der Waals surface area contributed by atoms with Gasteiger partial charge in [0.2, 0.25) is 0 Å². The lowest BCUT2D eigenvalue weighted by atomic mass is 10.1. The van der Waals surface area contributed by atoms with Crippen LogP contribution >= 0.6 is 11.7 Å². The van der Waals surface area contributed by atoms with Crippen LogP contribution in [0.5, 0.6) is 5.75 Å². The summed E-state index contributed by atoms with van der Waals surface area (Å²) in [5.74, 6) is 6.18. The molecule has 0 aromatic carbocycles. The highest BCUT2D eigenvalue weighted by Crippen LogP contribution is 2.26. The van der Waals surface area contributed by atoms with E-state index in [0.717, 1.165) is 17.4 Å². The summed E-state index contributed by atoms with van der Waals surface area (Å²) in [5.41, 5.74) is 4.08. The average Bonchev–Trinajstić information content (AvgIpc) is 2.84. The maximum atomic E-state index is 5.51. The number of methoxy groups -OCH3 is 1. The van der Waals surface area contributed by atoms with E-state index in [4.69, 9.17) is 10.6 Å². The zero-order valence-corrected chi connectivity index (χ0v) is 9.44. The number of hydrazine groups is 1. The first-order valence-corrected chi connectivity index (χ1v) is 5.32. The van der Waals surface area contributed by atoms with E-state index in [1.165, 1.54) is 0 Å². The van der Waals surface area contributed by atoms with E-state index in [9.17, 15) is 0 Å². The molecule has 2 heterocycles. The summed E-state index contributed by atoms with van der Waals surface area (Å²) in [6, 6.07) is 3.32. The Kier molecular flexibility index (Phi) is 3.40. The lowest BCUT2D eigenvalue weighted by Crippen LogP contribution is -2.30. The molecule has 3 N–H and O–H groups in total. The van der Waals surface area contributed by atoms with Crippen molar-refractivity contribution >= 4 is 11.7 Å². The van der Waals surface area contributed by atoms with Gasteiger partial charge in [-0.3, -0.25) is 10.8 Å². The van der Waals surface area contributed by atoms with Crippen LogP contribution in [0.25, 0.3) is 0 Å². The highest BCUT2D eigenvalue weighted by atomic mass is 32.1. The number of hydrogen-bond acceptors (Lipinski definition) is 7. The minimum absolute atomic E-state index is 0.310. The van der Waals surface area contributed by atoms with Crippen LogP contribution < -0.4 is 16.0 Å². The van der Waals surface area contributed by atoms with Crippen LogP contribution in [0.15, 0.2) is 24.5 Å². The lowest BCUT2D eigenvalue weighted by Gasteiger charge is -2.15. The van der Waals surface area contributed by atoms with Crippen molar-refractivity contribution in [2.24, 2.45) is 5.84 Å². The second-order valence-corrected chi connectivity index (χ2v) is 3.58. The minimum atomic E-state index is -0.310. The van der Waals surface area contributed by atoms with Crippen LogP contribution in [0, 0.1) is 0 Å². The number of hydrogen-bond donors (Lipinski definition) is 2. The van der Waals surface area contributed by atoms with Gasteiger partial charge < -0.3 is 4.74 Å². The molecule has 0 radical (unpaired) electrons. The number of ether oxygens (including phenoxy) is 1. The normalized spacial score (nSPS) is 12.4. The van der Waals surface area contributed by atoms with Gasteiger partial charge in [0.25, 0.3) is 0 Å². The summed E-state index contributed by atoms with van der Waals surface area (Å²) < 4.78 is 13.3. The molecule has 1 unspecified atom stereocenters. The molecular weight excluding hydrogens is 226 g/mol. The lowest BCUT2D eigenvalue weighted by molar-refractivity contribution is 0.400. The first-order chi connectivity index (χ1) is 7.86. The fourth-order valence-corrected chi connectivity index (χ4v) is 1.84. The molecule has 2 aromatic rings. The van der Waals surface area contributed by atoms with E-state index >= 15 is 0 Å². The zero-order chi connectivity index (χ0) is 11.4. The molecule has 2 rings (SSSR count). The summed E-state index contributed by atoms with van der Waals surface area (Å²) >= 11 is 1.13. The molecule has 0 aliphatic rings. The molecular formula is C9H11N5OS. The quantitative estimate of drug-likeness (QED) is 0.594. The fourth-order valence-electron chi connectivity index (χ4n) is 1.40. The standard InChI is InChI=1S/C9H11N5OS/c1-15-7-3-2-4-11-9(7)8(13-10)6-5-12-16-14-6/h2-5,8,13H,10H2,1H3. The maximum Gasteiger partial charge on any atom is 0.142 e. The van der Waals surface area contributed by atoms with Gasteiger partial charge in [-0.1, -0.05) is 0 Å². The Balaban J connectivity index is 2.41. The van der Waals surface area contributed by atoms with Gasteiger partial charge in [0, 0.05) is 6.20 Å². The second-order valence-electron chi connectivity index (χ2n) is 3.02. The zero-order valence-electron chi connectivity index (χ0n) is 8.62. The third-order valence-corrected chi connectivity index (χ3v) is 2.63. The smallest absolute Gasteiger partial charge is 0.142 e. The van der Waals surface area contributed by atoms with Crippen molar-refractivity contribution < 1.29 is 4.74 Å². The molecule has 0 saturated heterocycles. The number of nitrogens with zero attached hydrogens (tertiary/aromatic N) is 3. The van der Waals surface area contributed by atoms with Gasteiger partial charge in [-0.2, -0.15) is 8.75 Å². The first kappa shape index (κ1) is 10.9. The molecule has 7 heteroatoms. The molecule has 0 bridgehead atoms. The molecule has 0 fully saturated rings. The molecule has 0 saturated carbocycles. The van der Waals surface area contributed by atoms with E-state index in [1.807, 2.05) is 6.07 Å². The third kappa shape index (κ3) is 2.01. The van der Waals surface area contributed by atoms with Gasteiger partial charge in [-0.05, 0) is 12.1 Å². The van der Waals surface area contributed by atoms with E-state index in [-0.39, 0.29) is 6.04 Å². The number of nitrogens with two attached hydrogens (primary N) is 1. The molecule has 0 spiro atoms. The average molecular weight is 237 g/mol. The van der Waals surface area contributed by atoms with Crippen molar-refractivity contribution in [3.63, 3.8) is 0 Å². The summed E-state index contributed by atoms with van der Waals surface area (Å²) in [6.45, 7) is 0. The van der Waals surface area contributed by atoms with Crippen LogP contribution in [0.4, 0.5) is 0 Å². The second kappa shape index (κ2) is 4.97. The maximum absolute atomic E-state index is 5.51. The Morgan fingerprint density at radius 3 is 3.06 bits per heavy atom. The first-order valence-electron chi connectivity index (χ1n) is 4.59. The molecule has 0 aliphatic carbocycles. The van der Waals surface area contributed by atoms with Crippen molar-refractivity contribution in [1.82, 2.24) is 19.2 Å². The van der Waals surface area contributed by atoms with Crippen molar-refractivity contribution in [3.05, 3.63) is 35.9 Å². The van der Waals surface area contributed by atoms with Crippen molar-refractivity contribution in [2.75, 3.05) is 7.11 Å². The highest BCUT2D eigenvalue weighted by Gasteiger charge is 2.20.